The van der Waals surface area contributed by atoms with Crippen molar-refractivity contribution in [1.82, 2.24) is 10.3 Å². The molecular formula is C9H14N2OS2. The van der Waals surface area contributed by atoms with Gasteiger partial charge in [0.15, 0.2) is 0 Å². The van der Waals surface area contributed by atoms with E-state index in [0.717, 1.165) is 35.4 Å². The van der Waals surface area contributed by atoms with E-state index >= 15 is 0 Å². The maximum Gasteiger partial charge on any atom is 0.123 e. The molecule has 78 valence electrons. The van der Waals surface area contributed by atoms with Crippen molar-refractivity contribution in [3.05, 3.63) is 16.1 Å². The van der Waals surface area contributed by atoms with E-state index in [2.05, 4.69) is 15.7 Å². The van der Waals surface area contributed by atoms with Crippen molar-refractivity contribution >= 4 is 23.1 Å². The van der Waals surface area contributed by atoms with E-state index in [1.165, 1.54) is 0 Å². The summed E-state index contributed by atoms with van der Waals surface area (Å²) in [6.07, 6.45) is 0.226. The highest BCUT2D eigenvalue weighted by atomic mass is 32.2. The number of hydrogen-bond acceptors (Lipinski definition) is 5. The van der Waals surface area contributed by atoms with E-state index in [1.807, 2.05) is 18.8 Å². The van der Waals surface area contributed by atoms with Gasteiger partial charge in [0.2, 0.25) is 0 Å². The minimum Gasteiger partial charge on any atom is -0.369 e. The van der Waals surface area contributed by atoms with Crippen LogP contribution in [0.3, 0.4) is 0 Å². The van der Waals surface area contributed by atoms with Gasteiger partial charge in [-0.05, 0) is 7.05 Å². The molecule has 5 heteroatoms. The molecule has 1 atom stereocenters. The van der Waals surface area contributed by atoms with Crippen molar-refractivity contribution < 1.29 is 4.74 Å². The topological polar surface area (TPSA) is 34.1 Å². The molecule has 0 bridgehead atoms. The van der Waals surface area contributed by atoms with Crippen LogP contribution in [-0.4, -0.2) is 30.1 Å². The van der Waals surface area contributed by atoms with Crippen molar-refractivity contribution in [2.45, 2.75) is 12.6 Å². The summed E-state index contributed by atoms with van der Waals surface area (Å²) in [7, 11) is 1.94. The number of thiazole rings is 1. The normalized spacial score (nSPS) is 22.5. The van der Waals surface area contributed by atoms with E-state index in [1.54, 1.807) is 11.3 Å². The second-order valence-electron chi connectivity index (χ2n) is 3.14. The summed E-state index contributed by atoms with van der Waals surface area (Å²) < 4.78 is 5.66. The highest BCUT2D eigenvalue weighted by Gasteiger charge is 2.19. The number of nitrogens with zero attached hydrogens (tertiary/aromatic N) is 1. The van der Waals surface area contributed by atoms with Gasteiger partial charge in [-0.3, -0.25) is 0 Å². The third kappa shape index (κ3) is 2.48. The Morgan fingerprint density at radius 3 is 3.36 bits per heavy atom. The highest BCUT2D eigenvalue weighted by molar-refractivity contribution is 7.99. The van der Waals surface area contributed by atoms with Crippen LogP contribution in [0.15, 0.2) is 5.38 Å². The lowest BCUT2D eigenvalue weighted by Crippen LogP contribution is -2.15. The number of nitrogens with one attached hydrogen (secondary N) is 1. The summed E-state index contributed by atoms with van der Waals surface area (Å²) in [4.78, 5) is 4.54. The van der Waals surface area contributed by atoms with Gasteiger partial charge in [0.05, 0.1) is 12.3 Å². The Balaban J connectivity index is 2.00. The van der Waals surface area contributed by atoms with Crippen LogP contribution in [-0.2, 0) is 11.3 Å². The van der Waals surface area contributed by atoms with Crippen LogP contribution < -0.4 is 5.32 Å². The van der Waals surface area contributed by atoms with Gasteiger partial charge in [-0.15, -0.1) is 11.3 Å². The fraction of sp³-hybridized carbons (Fsp3) is 0.667. The summed E-state index contributed by atoms with van der Waals surface area (Å²) >= 11 is 3.65. The average molecular weight is 230 g/mol. The predicted octanol–water partition coefficient (Wildman–Crippen LogP) is 1.67. The third-order valence-electron chi connectivity index (χ3n) is 2.02. The molecule has 1 aromatic rings. The van der Waals surface area contributed by atoms with Gasteiger partial charge in [0.1, 0.15) is 11.1 Å². The first-order valence-electron chi connectivity index (χ1n) is 4.68. The van der Waals surface area contributed by atoms with Crippen molar-refractivity contribution in [3.63, 3.8) is 0 Å². The van der Waals surface area contributed by atoms with Crippen LogP contribution in [0.4, 0.5) is 0 Å². The molecule has 1 unspecified atom stereocenters. The molecule has 0 spiro atoms. The van der Waals surface area contributed by atoms with E-state index in [4.69, 9.17) is 4.74 Å². The molecule has 2 rings (SSSR count). The lowest BCUT2D eigenvalue weighted by atomic mass is 10.4. The van der Waals surface area contributed by atoms with Gasteiger partial charge >= 0.3 is 0 Å². The van der Waals surface area contributed by atoms with Gasteiger partial charge in [0.25, 0.3) is 0 Å². The number of thioether (sulfide) groups is 1. The predicted molar refractivity (Wildman–Crippen MR) is 60.9 cm³/mol. The Morgan fingerprint density at radius 2 is 2.64 bits per heavy atom. The number of hydrogen-bond donors (Lipinski definition) is 1. The fourth-order valence-corrected chi connectivity index (χ4v) is 3.18. The number of ether oxygens (including phenoxy) is 1. The summed E-state index contributed by atoms with van der Waals surface area (Å²) in [5, 5.41) is 6.33. The SMILES string of the molecule is CNCc1csc(C2CSCCO2)n1. The molecule has 0 aromatic carbocycles. The molecule has 1 fully saturated rings. The Bertz CT molecular complexity index is 284. The lowest BCUT2D eigenvalue weighted by molar-refractivity contribution is 0.0754. The summed E-state index contributed by atoms with van der Waals surface area (Å²) in [6.45, 7) is 1.70. The average Bonchev–Trinajstić information content (AvgIpc) is 2.68. The lowest BCUT2D eigenvalue weighted by Gasteiger charge is -2.19. The molecule has 1 aliphatic heterocycles. The maximum absolute atomic E-state index is 5.66. The molecule has 1 aliphatic rings. The van der Waals surface area contributed by atoms with Crippen LogP contribution in [0.1, 0.15) is 16.8 Å². The molecule has 1 N–H and O–H groups in total. The van der Waals surface area contributed by atoms with Crippen molar-refractivity contribution in [2.24, 2.45) is 0 Å². The minimum atomic E-state index is 0.226. The molecule has 2 heterocycles. The molecular weight excluding hydrogens is 216 g/mol. The summed E-state index contributed by atoms with van der Waals surface area (Å²) in [5.74, 6) is 2.16. The summed E-state index contributed by atoms with van der Waals surface area (Å²) in [5.41, 5.74) is 1.12. The fourth-order valence-electron chi connectivity index (χ4n) is 1.36. The van der Waals surface area contributed by atoms with Crippen LogP contribution in [0.5, 0.6) is 0 Å². The van der Waals surface area contributed by atoms with Gasteiger partial charge in [-0.25, -0.2) is 4.98 Å². The van der Waals surface area contributed by atoms with Crippen LogP contribution in [0.2, 0.25) is 0 Å². The number of aromatic nitrogens is 1. The zero-order chi connectivity index (χ0) is 9.80. The Hall–Kier alpha value is -0.100. The van der Waals surface area contributed by atoms with Gasteiger partial charge in [-0.1, -0.05) is 0 Å². The first kappa shape index (κ1) is 10.4. The van der Waals surface area contributed by atoms with Gasteiger partial charge in [-0.2, -0.15) is 11.8 Å². The molecule has 0 aliphatic carbocycles. The monoisotopic (exact) mass is 230 g/mol. The van der Waals surface area contributed by atoms with Crippen molar-refractivity contribution in [3.8, 4) is 0 Å². The van der Waals surface area contributed by atoms with E-state index in [-0.39, 0.29) is 6.10 Å². The Morgan fingerprint density at radius 1 is 1.71 bits per heavy atom. The van der Waals surface area contributed by atoms with E-state index in [0.29, 0.717) is 0 Å². The summed E-state index contributed by atoms with van der Waals surface area (Å²) in [6, 6.07) is 0. The quantitative estimate of drug-likeness (QED) is 0.856. The molecule has 14 heavy (non-hydrogen) atoms. The highest BCUT2D eigenvalue weighted by Crippen LogP contribution is 2.28. The van der Waals surface area contributed by atoms with Crippen LogP contribution >= 0.6 is 23.1 Å². The smallest absolute Gasteiger partial charge is 0.123 e. The second-order valence-corrected chi connectivity index (χ2v) is 5.18. The zero-order valence-electron chi connectivity index (χ0n) is 8.16. The molecule has 3 nitrogen and oxygen atoms in total. The molecule has 0 radical (unpaired) electrons. The van der Waals surface area contributed by atoms with Crippen molar-refractivity contribution in [1.29, 1.82) is 0 Å². The standard InChI is InChI=1S/C9H14N2OS2/c1-10-4-7-5-14-9(11-7)8-6-13-3-2-12-8/h5,8,10H,2-4,6H2,1H3. The Labute approximate surface area is 92.3 Å². The van der Waals surface area contributed by atoms with Crippen LogP contribution in [0, 0.1) is 0 Å². The Kier molecular flexibility index (Phi) is 3.81. The molecule has 1 saturated heterocycles. The van der Waals surface area contributed by atoms with Crippen LogP contribution in [0.25, 0.3) is 0 Å². The minimum absolute atomic E-state index is 0.226. The van der Waals surface area contributed by atoms with E-state index < -0.39 is 0 Å². The zero-order valence-corrected chi connectivity index (χ0v) is 9.79. The molecule has 1 aromatic heterocycles. The van der Waals surface area contributed by atoms with Gasteiger partial charge < -0.3 is 10.1 Å². The molecule has 0 saturated carbocycles. The first-order valence-corrected chi connectivity index (χ1v) is 6.72. The van der Waals surface area contributed by atoms with E-state index in [9.17, 15) is 0 Å². The third-order valence-corrected chi connectivity index (χ3v) is 4.00. The number of rotatable bonds is 3. The van der Waals surface area contributed by atoms with Crippen molar-refractivity contribution in [2.75, 3.05) is 25.2 Å². The largest absolute Gasteiger partial charge is 0.369 e. The maximum atomic E-state index is 5.66. The second kappa shape index (κ2) is 5.11. The molecule has 0 amide bonds. The first-order chi connectivity index (χ1) is 6.90. The van der Waals surface area contributed by atoms with Gasteiger partial charge in [0, 0.05) is 23.4 Å².